The van der Waals surface area contributed by atoms with Gasteiger partial charge in [-0.2, -0.15) is 18.4 Å². The van der Waals surface area contributed by atoms with E-state index in [0.29, 0.717) is 13.0 Å². The molecular weight excluding hydrogens is 1150 g/mol. The number of hydrogen-bond acceptors (Lipinski definition) is 15. The molecule has 18 nitrogen and oxygen atoms in total. The van der Waals surface area contributed by atoms with Gasteiger partial charge in [0.2, 0.25) is 17.3 Å². The zero-order valence-electron chi connectivity index (χ0n) is 47.5. The molecule has 12 rings (SSSR count). The second-order valence-electron chi connectivity index (χ2n) is 18.0. The summed E-state index contributed by atoms with van der Waals surface area (Å²) >= 11 is 3.33. The molecule has 0 bridgehead atoms. The number of rotatable bonds is 10. The van der Waals surface area contributed by atoms with E-state index >= 15 is 0 Å². The average molecular weight is 1230 g/mol. The third kappa shape index (κ3) is 20.9. The van der Waals surface area contributed by atoms with Crippen molar-refractivity contribution in [1.29, 1.82) is 0 Å². The van der Waals surface area contributed by atoms with Gasteiger partial charge in [-0.15, -0.1) is 0 Å². The van der Waals surface area contributed by atoms with E-state index in [2.05, 4.69) is 66.2 Å². The van der Waals surface area contributed by atoms with Gasteiger partial charge in [0, 0.05) is 57.8 Å². The summed E-state index contributed by atoms with van der Waals surface area (Å²) in [7, 11) is -5.36. The first kappa shape index (κ1) is 66.6. The Kier molecular flexibility index (Phi) is 30.0. The van der Waals surface area contributed by atoms with Crippen LogP contribution in [0.5, 0.6) is 0 Å². The van der Waals surface area contributed by atoms with Crippen molar-refractivity contribution in [1.82, 2.24) is 48.4 Å². The predicted octanol–water partition coefficient (Wildman–Crippen LogP) is 7.33. The third-order valence-corrected chi connectivity index (χ3v) is 13.6. The minimum Gasteiger partial charge on any atom is -1.00 e. The van der Waals surface area contributed by atoms with Crippen molar-refractivity contribution in [2.75, 3.05) is 96.2 Å². The number of piperidine rings is 3. The van der Waals surface area contributed by atoms with E-state index in [-0.39, 0.29) is 83.9 Å². The molecule has 3 saturated heterocycles. The van der Waals surface area contributed by atoms with Crippen molar-refractivity contribution in [3.8, 4) is 0 Å². The summed E-state index contributed by atoms with van der Waals surface area (Å²) in [5.74, 6) is 4.09. The van der Waals surface area contributed by atoms with Crippen LogP contribution < -0.4 is 44.7 Å². The van der Waals surface area contributed by atoms with Crippen LogP contribution in [-0.4, -0.2) is 166 Å². The maximum atomic E-state index is 12.1. The molecule has 440 valence electrons. The standard InChI is InChI=1S/C18H21FN4O.C15H16N4O.C10H6BrN3.C5H11NO.C4H9FO3S.2CH3F.2CH4.Na.H/c19-9-3-13-24-14-6-10-22(11-7-14)17-8-12-23-16-5-2-1-4-15(16)20-18(23)21-17;20-11-5-8-18(9-6-11)14-7-10-19-13-4-2-1-3-12(13)16-15(19)17-14;11-9-5-6-14-8-4-2-1-3-7(8)12-10(14)13-9;7-5-1-3-6-4-2-5;1-9(6,7)8-4-2-3-5;2*1-2;;;;/h1-2,4-5,8,12,14H,3,6-7,9-11,13H2;1-4,7,10-11,20H,5-6,8-9H2;1-6H;5-7H,1-4H2;2-4H2,1H3;2*1H3;2*1H4;;/q;;;;;;;;;+1;-1/i;;;;;2*1D;;;;. The zero-order valence-corrected chi connectivity index (χ0v) is 48.9. The second kappa shape index (κ2) is 36.4. The Labute approximate surface area is 507 Å². The predicted molar refractivity (Wildman–Crippen MR) is 317 cm³/mol. The summed E-state index contributed by atoms with van der Waals surface area (Å²) in [4.78, 5) is 31.7. The third-order valence-electron chi connectivity index (χ3n) is 12.5. The van der Waals surface area contributed by atoms with E-state index in [1.54, 1.807) is 0 Å². The molecule has 9 heterocycles. The fraction of sp³-hybridized carbons (Fsp3) is 0.464. The van der Waals surface area contributed by atoms with Gasteiger partial charge in [0.1, 0.15) is 16.2 Å². The number of hydrogen-bond donors (Lipinski definition) is 3. The first-order valence-corrected chi connectivity index (χ1v) is 28.1. The molecule has 0 unspecified atom stereocenters. The Bertz CT molecular complexity index is 3380. The van der Waals surface area contributed by atoms with E-state index in [1.807, 2.05) is 117 Å². The Balaban J connectivity index is 0.000000364. The van der Waals surface area contributed by atoms with Crippen molar-refractivity contribution in [2.45, 2.75) is 84.5 Å². The molecule has 3 aliphatic rings. The van der Waals surface area contributed by atoms with Crippen molar-refractivity contribution < 1.29 is 78.8 Å². The average Bonchev–Trinajstić information content (AvgIpc) is 4.09. The van der Waals surface area contributed by atoms with Gasteiger partial charge < -0.3 is 31.5 Å². The number of aromatic nitrogens is 9. The summed E-state index contributed by atoms with van der Waals surface area (Å²) in [5, 5.41) is 21.6. The SMILES string of the molecule is Brc1ccn2c(n1)nc1ccccc12.C.C.CS(=O)(=O)OCCCF.FCCCOC1CCN(c2ccn3c(n2)nc2ccccc23)CC1.OC1CCN(c2ccn3c(n2)nc2ccccc23)CC1.OC1CCNCC1.[2H]CF.[2H]CF.[H-].[Na+]. The van der Waals surface area contributed by atoms with Crippen molar-refractivity contribution in [3.63, 3.8) is 0 Å². The fourth-order valence-corrected chi connectivity index (χ4v) is 9.38. The van der Waals surface area contributed by atoms with Crippen LogP contribution in [0.3, 0.4) is 0 Å². The molecular formula is C56H78BrF4N12NaO6S. The van der Waals surface area contributed by atoms with Crippen molar-refractivity contribution in [2.24, 2.45) is 0 Å². The van der Waals surface area contributed by atoms with Crippen LogP contribution in [0, 0.1) is 0 Å². The van der Waals surface area contributed by atoms with Crippen LogP contribution in [0.4, 0.5) is 29.2 Å². The molecule has 0 saturated carbocycles. The van der Waals surface area contributed by atoms with E-state index in [9.17, 15) is 31.1 Å². The summed E-state index contributed by atoms with van der Waals surface area (Å²) in [6.45, 7) is 5.10. The molecule has 9 aromatic rings. The van der Waals surface area contributed by atoms with E-state index < -0.39 is 31.1 Å². The van der Waals surface area contributed by atoms with Gasteiger partial charge in [0.05, 0.1) is 94.7 Å². The van der Waals surface area contributed by atoms with Crippen LogP contribution in [0.25, 0.3) is 50.4 Å². The molecule has 6 aromatic heterocycles. The minimum absolute atomic E-state index is 0. The molecule has 3 N–H and O–H groups in total. The van der Waals surface area contributed by atoms with Crippen LogP contribution in [0.2, 0.25) is 0 Å². The monoisotopic (exact) mass is 1230 g/mol. The van der Waals surface area contributed by atoms with E-state index in [4.69, 9.17) is 17.6 Å². The Morgan fingerprint density at radius 2 is 1.00 bits per heavy atom. The topological polar surface area (TPSA) is 202 Å². The molecule has 3 fully saturated rings. The van der Waals surface area contributed by atoms with Crippen LogP contribution >= 0.6 is 15.9 Å². The first-order chi connectivity index (χ1) is 38.8. The Hall–Kier alpha value is -5.15. The number of aliphatic hydroxyl groups excluding tert-OH is 2. The van der Waals surface area contributed by atoms with Crippen molar-refractivity contribution in [3.05, 3.63) is 114 Å². The number of para-hydroxylation sites is 6. The van der Waals surface area contributed by atoms with Crippen LogP contribution in [0.15, 0.2) is 114 Å². The maximum Gasteiger partial charge on any atom is 1.00 e. The molecule has 0 atom stereocenters. The van der Waals surface area contributed by atoms with Gasteiger partial charge in [-0.1, -0.05) is 51.3 Å². The summed E-state index contributed by atoms with van der Waals surface area (Å²) in [6.07, 6.45) is 13.0. The van der Waals surface area contributed by atoms with Gasteiger partial charge in [0.25, 0.3) is 10.1 Å². The largest absolute Gasteiger partial charge is 1.00 e. The smallest absolute Gasteiger partial charge is 1.00 e. The molecule has 0 aliphatic carbocycles. The second-order valence-corrected chi connectivity index (χ2v) is 20.5. The number of halogens is 5. The quantitative estimate of drug-likeness (QED) is 0.0404. The van der Waals surface area contributed by atoms with Gasteiger partial charge >= 0.3 is 29.6 Å². The van der Waals surface area contributed by atoms with Crippen LogP contribution in [-0.2, 0) is 19.0 Å². The Morgan fingerprint density at radius 3 is 1.41 bits per heavy atom. The number of benzene rings is 3. The number of fused-ring (bicyclic) bond motifs is 9. The van der Waals surface area contributed by atoms with Crippen molar-refractivity contribution >= 4 is 88.1 Å². The van der Waals surface area contributed by atoms with Gasteiger partial charge in [-0.25, -0.2) is 19.9 Å². The molecule has 81 heavy (non-hydrogen) atoms. The number of ether oxygens (including phenoxy) is 1. The number of alkyl halides is 4. The number of imidazole rings is 3. The molecule has 3 aliphatic heterocycles. The van der Waals surface area contributed by atoms with Gasteiger partial charge in [-0.05, 0) is 129 Å². The Morgan fingerprint density at radius 1 is 0.617 bits per heavy atom. The summed E-state index contributed by atoms with van der Waals surface area (Å²) in [6, 6.07) is 30.1. The number of nitrogens with zero attached hydrogens (tertiary/aromatic N) is 11. The molecule has 0 amide bonds. The van der Waals surface area contributed by atoms with Gasteiger partial charge in [-0.3, -0.25) is 34.9 Å². The van der Waals surface area contributed by atoms with Crippen LogP contribution in [0.1, 0.15) is 70.4 Å². The number of nitrogens with one attached hydrogen (secondary N) is 1. The molecule has 0 radical (unpaired) electrons. The number of aliphatic hydroxyl groups is 2. The van der Waals surface area contributed by atoms with E-state index in [1.165, 1.54) is 0 Å². The molecule has 25 heteroatoms. The van der Waals surface area contributed by atoms with Gasteiger partial charge in [0.15, 0.2) is 0 Å². The number of anilines is 2. The fourth-order valence-electron chi connectivity index (χ4n) is 8.68. The first-order valence-electron chi connectivity index (χ1n) is 26.9. The summed E-state index contributed by atoms with van der Waals surface area (Å²) in [5.41, 5.74) is 6.14. The maximum absolute atomic E-state index is 12.1. The van der Waals surface area contributed by atoms with E-state index in [0.717, 1.165) is 151 Å². The summed E-state index contributed by atoms with van der Waals surface area (Å²) < 4.78 is 91.5. The molecule has 0 spiro atoms. The molecule has 3 aromatic carbocycles. The minimum atomic E-state index is -3.36. The normalized spacial score (nSPS) is 15.0. The zero-order chi connectivity index (χ0) is 57.3.